The van der Waals surface area contributed by atoms with Gasteiger partial charge in [-0.15, -0.1) is 11.3 Å². The Kier molecular flexibility index (Phi) is 3.78. The number of rotatable bonds is 4. The van der Waals surface area contributed by atoms with Crippen molar-refractivity contribution < 1.29 is 4.74 Å². The second-order valence-electron chi connectivity index (χ2n) is 4.22. The summed E-state index contributed by atoms with van der Waals surface area (Å²) in [5, 5.41) is 5.77. The topological polar surface area (TPSA) is 21.3 Å². The molecule has 0 aromatic carbocycles. The molecular formula is C12H19NOS. The van der Waals surface area contributed by atoms with Crippen LogP contribution in [0.25, 0.3) is 0 Å². The van der Waals surface area contributed by atoms with Crippen molar-refractivity contribution in [1.82, 2.24) is 5.32 Å². The van der Waals surface area contributed by atoms with E-state index in [1.54, 1.807) is 0 Å². The summed E-state index contributed by atoms with van der Waals surface area (Å²) in [6.07, 6.45) is 4.17. The molecule has 0 saturated heterocycles. The molecule has 2 atom stereocenters. The molecular weight excluding hydrogens is 206 g/mol. The molecule has 1 aliphatic carbocycles. The first-order valence-corrected chi connectivity index (χ1v) is 6.48. The Bertz CT molecular complexity index is 310. The van der Waals surface area contributed by atoms with Crippen LogP contribution < -0.4 is 5.32 Å². The van der Waals surface area contributed by atoms with Crippen molar-refractivity contribution in [1.29, 1.82) is 0 Å². The van der Waals surface area contributed by atoms with Gasteiger partial charge in [-0.3, -0.25) is 0 Å². The molecule has 0 aliphatic heterocycles. The van der Waals surface area contributed by atoms with E-state index >= 15 is 0 Å². The van der Waals surface area contributed by atoms with Gasteiger partial charge in [0.2, 0.25) is 0 Å². The van der Waals surface area contributed by atoms with Crippen LogP contribution in [-0.2, 0) is 11.3 Å². The lowest BCUT2D eigenvalue weighted by Gasteiger charge is -2.19. The SMILES string of the molecule is COC1CCCC1NCc1sccc1C. The summed E-state index contributed by atoms with van der Waals surface area (Å²) in [5.74, 6) is 0. The summed E-state index contributed by atoms with van der Waals surface area (Å²) in [7, 11) is 1.82. The first-order valence-electron chi connectivity index (χ1n) is 5.60. The second kappa shape index (κ2) is 5.10. The Morgan fingerprint density at radius 3 is 3.07 bits per heavy atom. The van der Waals surface area contributed by atoms with Gasteiger partial charge in [-0.05, 0) is 43.2 Å². The minimum atomic E-state index is 0.422. The lowest BCUT2D eigenvalue weighted by molar-refractivity contribution is 0.0848. The average molecular weight is 225 g/mol. The molecule has 1 fully saturated rings. The molecule has 1 heterocycles. The van der Waals surface area contributed by atoms with Crippen LogP contribution in [0.5, 0.6) is 0 Å². The first-order chi connectivity index (χ1) is 7.31. The first kappa shape index (κ1) is 11.1. The standard InChI is InChI=1S/C12H19NOS/c1-9-6-7-15-12(9)8-13-10-4-3-5-11(10)14-2/h6-7,10-11,13H,3-5,8H2,1-2H3. The van der Waals surface area contributed by atoms with E-state index < -0.39 is 0 Å². The molecule has 1 aliphatic rings. The van der Waals surface area contributed by atoms with Crippen LogP contribution in [0.4, 0.5) is 0 Å². The molecule has 0 radical (unpaired) electrons. The molecule has 0 amide bonds. The highest BCUT2D eigenvalue weighted by molar-refractivity contribution is 7.10. The minimum absolute atomic E-state index is 0.422. The highest BCUT2D eigenvalue weighted by Gasteiger charge is 2.26. The van der Waals surface area contributed by atoms with Crippen LogP contribution in [0, 0.1) is 6.92 Å². The maximum absolute atomic E-state index is 5.46. The van der Waals surface area contributed by atoms with Gasteiger partial charge in [0.1, 0.15) is 0 Å². The van der Waals surface area contributed by atoms with Gasteiger partial charge in [-0.2, -0.15) is 0 Å². The van der Waals surface area contributed by atoms with Crippen molar-refractivity contribution in [3.63, 3.8) is 0 Å². The monoisotopic (exact) mass is 225 g/mol. The number of thiophene rings is 1. The van der Waals surface area contributed by atoms with Crippen molar-refractivity contribution in [2.75, 3.05) is 7.11 Å². The molecule has 2 unspecified atom stereocenters. The highest BCUT2D eigenvalue weighted by atomic mass is 32.1. The molecule has 84 valence electrons. The van der Waals surface area contributed by atoms with E-state index in [4.69, 9.17) is 4.74 Å². The van der Waals surface area contributed by atoms with Gasteiger partial charge in [0.15, 0.2) is 0 Å². The summed E-state index contributed by atoms with van der Waals surface area (Å²) in [6, 6.07) is 2.74. The Morgan fingerprint density at radius 1 is 1.53 bits per heavy atom. The van der Waals surface area contributed by atoms with E-state index in [0.717, 1.165) is 6.54 Å². The maximum atomic E-state index is 5.46. The van der Waals surface area contributed by atoms with Crippen LogP contribution in [-0.4, -0.2) is 19.3 Å². The van der Waals surface area contributed by atoms with E-state index in [1.807, 2.05) is 18.4 Å². The van der Waals surface area contributed by atoms with Crippen molar-refractivity contribution in [2.45, 2.75) is 44.9 Å². The third kappa shape index (κ3) is 2.60. The van der Waals surface area contributed by atoms with Gasteiger partial charge in [-0.1, -0.05) is 0 Å². The number of nitrogens with one attached hydrogen (secondary N) is 1. The van der Waals surface area contributed by atoms with E-state index in [9.17, 15) is 0 Å². The van der Waals surface area contributed by atoms with Gasteiger partial charge in [-0.25, -0.2) is 0 Å². The summed E-state index contributed by atoms with van der Waals surface area (Å²) in [4.78, 5) is 1.46. The smallest absolute Gasteiger partial charge is 0.0724 e. The number of ether oxygens (including phenoxy) is 1. The molecule has 15 heavy (non-hydrogen) atoms. The average Bonchev–Trinajstić information content (AvgIpc) is 2.83. The van der Waals surface area contributed by atoms with Gasteiger partial charge in [0.05, 0.1) is 6.10 Å². The molecule has 0 spiro atoms. The van der Waals surface area contributed by atoms with Crippen molar-refractivity contribution >= 4 is 11.3 Å². The predicted octanol–water partition coefficient (Wildman–Crippen LogP) is 2.71. The van der Waals surface area contributed by atoms with Crippen LogP contribution in [0.1, 0.15) is 29.7 Å². The zero-order chi connectivity index (χ0) is 10.7. The summed E-state index contributed by atoms with van der Waals surface area (Å²) < 4.78 is 5.46. The van der Waals surface area contributed by atoms with Crippen molar-refractivity contribution in [3.05, 3.63) is 21.9 Å². The minimum Gasteiger partial charge on any atom is -0.380 e. The summed E-state index contributed by atoms with van der Waals surface area (Å²) in [6.45, 7) is 3.17. The lowest BCUT2D eigenvalue weighted by atomic mass is 10.2. The lowest BCUT2D eigenvalue weighted by Crippen LogP contribution is -2.36. The maximum Gasteiger partial charge on any atom is 0.0724 e. The number of hydrogen-bond donors (Lipinski definition) is 1. The fourth-order valence-electron chi connectivity index (χ4n) is 2.25. The third-order valence-corrected chi connectivity index (χ3v) is 4.27. The number of hydrogen-bond acceptors (Lipinski definition) is 3. The van der Waals surface area contributed by atoms with Gasteiger partial charge in [0.25, 0.3) is 0 Å². The van der Waals surface area contributed by atoms with E-state index in [-0.39, 0.29) is 0 Å². The highest BCUT2D eigenvalue weighted by Crippen LogP contribution is 2.23. The fraction of sp³-hybridized carbons (Fsp3) is 0.667. The Morgan fingerprint density at radius 2 is 2.40 bits per heavy atom. The molecule has 2 rings (SSSR count). The van der Waals surface area contributed by atoms with Gasteiger partial charge in [0, 0.05) is 24.6 Å². The number of aryl methyl sites for hydroxylation is 1. The van der Waals surface area contributed by atoms with Crippen molar-refractivity contribution in [2.24, 2.45) is 0 Å². The van der Waals surface area contributed by atoms with E-state index in [1.165, 1.54) is 29.7 Å². The molecule has 1 aromatic rings. The quantitative estimate of drug-likeness (QED) is 0.850. The zero-order valence-corrected chi connectivity index (χ0v) is 10.3. The second-order valence-corrected chi connectivity index (χ2v) is 5.22. The van der Waals surface area contributed by atoms with Crippen LogP contribution in [0.2, 0.25) is 0 Å². The Hall–Kier alpha value is -0.380. The normalized spacial score (nSPS) is 26.0. The largest absolute Gasteiger partial charge is 0.380 e. The summed E-state index contributed by atoms with van der Waals surface area (Å²) in [5.41, 5.74) is 1.40. The van der Waals surface area contributed by atoms with Crippen LogP contribution in [0.15, 0.2) is 11.4 Å². The Labute approximate surface area is 95.6 Å². The molecule has 2 nitrogen and oxygen atoms in total. The number of methoxy groups -OCH3 is 1. The Balaban J connectivity index is 1.85. The van der Waals surface area contributed by atoms with E-state index in [0.29, 0.717) is 12.1 Å². The van der Waals surface area contributed by atoms with E-state index in [2.05, 4.69) is 23.7 Å². The predicted molar refractivity (Wildman–Crippen MR) is 64.3 cm³/mol. The van der Waals surface area contributed by atoms with Crippen LogP contribution >= 0.6 is 11.3 Å². The molecule has 1 aromatic heterocycles. The van der Waals surface area contributed by atoms with Crippen molar-refractivity contribution in [3.8, 4) is 0 Å². The zero-order valence-electron chi connectivity index (χ0n) is 9.45. The summed E-state index contributed by atoms with van der Waals surface area (Å²) >= 11 is 1.84. The molecule has 0 bridgehead atoms. The van der Waals surface area contributed by atoms with Gasteiger partial charge >= 0.3 is 0 Å². The fourth-order valence-corrected chi connectivity index (χ4v) is 3.11. The van der Waals surface area contributed by atoms with Crippen LogP contribution in [0.3, 0.4) is 0 Å². The molecule has 3 heteroatoms. The molecule has 1 saturated carbocycles. The molecule has 1 N–H and O–H groups in total. The van der Waals surface area contributed by atoms with Gasteiger partial charge < -0.3 is 10.1 Å². The third-order valence-electron chi connectivity index (χ3n) is 3.25.